The fourth-order valence-corrected chi connectivity index (χ4v) is 6.36. The van der Waals surface area contributed by atoms with E-state index in [1.54, 1.807) is 25.3 Å². The Morgan fingerprint density at radius 2 is 1.40 bits per heavy atom. The zero-order valence-electron chi connectivity index (χ0n) is 31.1. The third kappa shape index (κ3) is 9.59. The monoisotopic (exact) mass is 710 g/mol. The van der Waals surface area contributed by atoms with Gasteiger partial charge in [-0.3, -0.25) is 4.79 Å². The highest BCUT2D eigenvalue weighted by molar-refractivity contribution is 5.92. The Hall–Kier alpha value is -4.70. The average molecular weight is 711 g/mol. The van der Waals surface area contributed by atoms with Crippen molar-refractivity contribution in [1.29, 1.82) is 0 Å². The van der Waals surface area contributed by atoms with Crippen LogP contribution in [0.1, 0.15) is 78.7 Å². The van der Waals surface area contributed by atoms with Crippen LogP contribution in [0.4, 0.5) is 0 Å². The van der Waals surface area contributed by atoms with E-state index in [1.165, 1.54) is 18.2 Å². The van der Waals surface area contributed by atoms with Crippen molar-refractivity contribution in [2.75, 3.05) is 40.8 Å². The molecule has 4 aromatic rings. The van der Waals surface area contributed by atoms with E-state index in [2.05, 4.69) is 39.8 Å². The Kier molecular flexibility index (Phi) is 12.8. The molecule has 0 bridgehead atoms. The van der Waals surface area contributed by atoms with Gasteiger partial charge in [-0.1, -0.05) is 100 Å². The van der Waals surface area contributed by atoms with Gasteiger partial charge in [-0.25, -0.2) is 4.79 Å². The molecule has 0 amide bonds. The smallest absolute Gasteiger partial charge is 0.342 e. The molecule has 0 N–H and O–H groups in total. The summed E-state index contributed by atoms with van der Waals surface area (Å²) in [6.45, 7) is 9.47. The van der Waals surface area contributed by atoms with Crippen LogP contribution < -0.4 is 9.47 Å². The summed E-state index contributed by atoms with van der Waals surface area (Å²) >= 11 is 0. The first-order valence-corrected chi connectivity index (χ1v) is 17.6. The van der Waals surface area contributed by atoms with Gasteiger partial charge in [-0.05, 0) is 64.1 Å². The molecule has 52 heavy (non-hydrogen) atoms. The second-order valence-electron chi connectivity index (χ2n) is 14.3. The lowest BCUT2D eigenvalue weighted by atomic mass is 9.63. The SMILES string of the molecule is COCCOCOc1cc(OC[C@](OC)(OC(=O)Cc2ccccc2)c2ccc3c(c2)C(C)(C)CCC3(C)C)ccc1C(=O)OCc1ccccc1. The van der Waals surface area contributed by atoms with Crippen molar-refractivity contribution < 1.29 is 42.7 Å². The van der Waals surface area contributed by atoms with Crippen LogP contribution in [0.25, 0.3) is 0 Å². The van der Waals surface area contributed by atoms with E-state index in [9.17, 15) is 9.59 Å². The zero-order valence-corrected chi connectivity index (χ0v) is 31.1. The first kappa shape index (κ1) is 38.5. The second-order valence-corrected chi connectivity index (χ2v) is 14.3. The Balaban J connectivity index is 1.45. The molecule has 276 valence electrons. The predicted molar refractivity (Wildman–Crippen MR) is 197 cm³/mol. The van der Waals surface area contributed by atoms with E-state index in [0.717, 1.165) is 24.0 Å². The molecule has 1 atom stereocenters. The van der Waals surface area contributed by atoms with Gasteiger partial charge in [0.2, 0.25) is 0 Å². The van der Waals surface area contributed by atoms with Crippen molar-refractivity contribution in [3.8, 4) is 11.5 Å². The maximum absolute atomic E-state index is 13.6. The summed E-state index contributed by atoms with van der Waals surface area (Å²) in [5.74, 6) is -2.08. The molecule has 0 radical (unpaired) electrons. The number of benzene rings is 4. The van der Waals surface area contributed by atoms with Gasteiger partial charge < -0.3 is 33.2 Å². The van der Waals surface area contributed by atoms with E-state index in [4.69, 9.17) is 33.2 Å². The maximum atomic E-state index is 13.6. The number of methoxy groups -OCH3 is 2. The fourth-order valence-electron chi connectivity index (χ4n) is 6.36. The van der Waals surface area contributed by atoms with Gasteiger partial charge in [-0.2, -0.15) is 0 Å². The first-order chi connectivity index (χ1) is 25.0. The molecule has 9 nitrogen and oxygen atoms in total. The third-order valence-corrected chi connectivity index (χ3v) is 9.64. The Morgan fingerprint density at radius 3 is 2.08 bits per heavy atom. The quantitative estimate of drug-likeness (QED) is 0.0612. The molecule has 0 saturated carbocycles. The summed E-state index contributed by atoms with van der Waals surface area (Å²) in [4.78, 5) is 26.8. The molecule has 9 heteroatoms. The van der Waals surface area contributed by atoms with E-state index in [-0.39, 0.29) is 48.6 Å². The number of rotatable bonds is 17. The lowest BCUT2D eigenvalue weighted by Crippen LogP contribution is -2.42. The summed E-state index contributed by atoms with van der Waals surface area (Å²) < 4.78 is 40.8. The third-order valence-electron chi connectivity index (χ3n) is 9.64. The lowest BCUT2D eigenvalue weighted by molar-refractivity contribution is -0.239. The fraction of sp³-hybridized carbons (Fsp3) is 0.395. The predicted octanol–water partition coefficient (Wildman–Crippen LogP) is 8.06. The second kappa shape index (κ2) is 17.2. The van der Waals surface area contributed by atoms with Crippen LogP contribution in [0, 0.1) is 0 Å². The first-order valence-electron chi connectivity index (χ1n) is 17.6. The Morgan fingerprint density at radius 1 is 0.731 bits per heavy atom. The molecule has 1 aliphatic rings. The molecule has 1 aliphatic carbocycles. The summed E-state index contributed by atoms with van der Waals surface area (Å²) in [7, 11) is 3.09. The minimum absolute atomic E-state index is 0.00668. The van der Waals surface area contributed by atoms with Crippen LogP contribution in [0.3, 0.4) is 0 Å². The van der Waals surface area contributed by atoms with Crippen molar-refractivity contribution in [2.45, 2.75) is 70.2 Å². The number of hydrogen-bond acceptors (Lipinski definition) is 9. The maximum Gasteiger partial charge on any atom is 0.342 e. The minimum Gasteiger partial charge on any atom is -0.486 e. The molecule has 0 spiro atoms. The largest absolute Gasteiger partial charge is 0.486 e. The van der Waals surface area contributed by atoms with Crippen LogP contribution in [0.2, 0.25) is 0 Å². The summed E-state index contributed by atoms with van der Waals surface area (Å²) in [5.41, 5.74) is 4.87. The number of esters is 2. The number of hydrogen-bond donors (Lipinski definition) is 0. The van der Waals surface area contributed by atoms with Gasteiger partial charge >= 0.3 is 11.9 Å². The molecule has 0 aliphatic heterocycles. The van der Waals surface area contributed by atoms with Crippen molar-refractivity contribution in [1.82, 2.24) is 0 Å². The van der Waals surface area contributed by atoms with Crippen molar-refractivity contribution in [3.05, 3.63) is 130 Å². The van der Waals surface area contributed by atoms with Gasteiger partial charge in [0.25, 0.3) is 5.79 Å². The van der Waals surface area contributed by atoms with Gasteiger partial charge in [-0.15, -0.1) is 0 Å². The van der Waals surface area contributed by atoms with Crippen molar-refractivity contribution in [3.63, 3.8) is 0 Å². The summed E-state index contributed by atoms with van der Waals surface area (Å²) in [5, 5.41) is 0. The highest BCUT2D eigenvalue weighted by atomic mass is 16.7. The number of ether oxygens (including phenoxy) is 7. The molecule has 0 saturated heterocycles. The molecule has 0 aromatic heterocycles. The van der Waals surface area contributed by atoms with Crippen molar-refractivity contribution >= 4 is 11.9 Å². The lowest BCUT2D eigenvalue weighted by Gasteiger charge is -2.43. The standard InChI is InChI=1S/C43H50O9/c1-41(2)21-22-42(3,4)37-26-33(17-20-36(37)41)43(47-6,52-39(44)25-31-13-9-7-10-14-31)29-50-34-18-19-35(38(27-34)51-30-48-24-23-46-5)40(45)49-28-32-15-11-8-12-16-32/h7-20,26-27H,21-25,28-30H2,1-6H3/t43-/m0/s1. The molecule has 0 fully saturated rings. The number of carbonyl (C=O) groups is 2. The van der Waals surface area contributed by atoms with Crippen LogP contribution >= 0.6 is 0 Å². The van der Waals surface area contributed by atoms with Crippen LogP contribution in [0.15, 0.2) is 97.1 Å². The molecule has 0 unspecified atom stereocenters. The van der Waals surface area contributed by atoms with E-state index < -0.39 is 17.7 Å². The number of carbonyl (C=O) groups excluding carboxylic acids is 2. The van der Waals surface area contributed by atoms with E-state index >= 15 is 0 Å². The molecule has 0 heterocycles. The van der Waals surface area contributed by atoms with Gasteiger partial charge in [0.15, 0.2) is 13.4 Å². The highest BCUT2D eigenvalue weighted by Gasteiger charge is 2.42. The summed E-state index contributed by atoms with van der Waals surface area (Å²) in [6, 6.07) is 29.8. The van der Waals surface area contributed by atoms with Crippen LogP contribution in [-0.4, -0.2) is 52.8 Å². The van der Waals surface area contributed by atoms with Crippen LogP contribution in [-0.2, 0) is 58.1 Å². The van der Waals surface area contributed by atoms with Crippen molar-refractivity contribution in [2.24, 2.45) is 0 Å². The number of fused-ring (bicyclic) bond motifs is 1. The van der Waals surface area contributed by atoms with Gasteiger partial charge in [0.05, 0.1) is 19.6 Å². The highest BCUT2D eigenvalue weighted by Crippen LogP contribution is 2.47. The topological polar surface area (TPSA) is 98.8 Å². The summed E-state index contributed by atoms with van der Waals surface area (Å²) in [6.07, 6.45) is 2.13. The molecule has 5 rings (SSSR count). The zero-order chi connectivity index (χ0) is 37.2. The normalized spacial score (nSPS) is 15.5. The Bertz CT molecular complexity index is 1790. The van der Waals surface area contributed by atoms with Gasteiger partial charge in [0, 0.05) is 25.8 Å². The molecular weight excluding hydrogens is 660 g/mol. The molecular formula is C43H50O9. The molecule has 4 aromatic carbocycles. The average Bonchev–Trinajstić information content (AvgIpc) is 3.15. The van der Waals surface area contributed by atoms with Crippen LogP contribution in [0.5, 0.6) is 11.5 Å². The Labute approximate surface area is 307 Å². The van der Waals surface area contributed by atoms with E-state index in [0.29, 0.717) is 24.5 Å². The van der Waals surface area contributed by atoms with Gasteiger partial charge in [0.1, 0.15) is 23.7 Å². The minimum atomic E-state index is -1.60. The van der Waals surface area contributed by atoms with E-state index in [1.807, 2.05) is 66.7 Å².